The first-order chi connectivity index (χ1) is 10.0. The molecule has 0 spiro atoms. The SMILES string of the molecule is CC(CCc1ccc(O)cc1)NC(=O)c1ccc(N)cc1. The number of amides is 1. The van der Waals surface area contributed by atoms with Crippen LogP contribution in [-0.2, 0) is 6.42 Å². The van der Waals surface area contributed by atoms with Gasteiger partial charge in [0.05, 0.1) is 0 Å². The summed E-state index contributed by atoms with van der Waals surface area (Å²) in [6.45, 7) is 1.98. The third-order valence-electron chi connectivity index (χ3n) is 3.35. The van der Waals surface area contributed by atoms with Gasteiger partial charge in [-0.1, -0.05) is 12.1 Å². The molecule has 4 N–H and O–H groups in total. The molecule has 0 fully saturated rings. The highest BCUT2D eigenvalue weighted by Gasteiger charge is 2.09. The van der Waals surface area contributed by atoms with Crippen molar-refractivity contribution in [1.29, 1.82) is 0 Å². The maximum atomic E-state index is 12.0. The Kier molecular flexibility index (Phi) is 4.82. The second-order valence-corrected chi connectivity index (χ2v) is 5.20. The Hall–Kier alpha value is -2.49. The number of carbonyl (C=O) groups is 1. The number of carbonyl (C=O) groups excluding carboxylic acids is 1. The molecular formula is C17H20N2O2. The smallest absolute Gasteiger partial charge is 0.251 e. The first-order valence-corrected chi connectivity index (χ1v) is 6.99. The van der Waals surface area contributed by atoms with Gasteiger partial charge in [-0.25, -0.2) is 0 Å². The number of hydrogen-bond acceptors (Lipinski definition) is 3. The molecule has 4 heteroatoms. The van der Waals surface area contributed by atoms with Gasteiger partial charge in [-0.2, -0.15) is 0 Å². The summed E-state index contributed by atoms with van der Waals surface area (Å²) in [5, 5.41) is 12.2. The summed E-state index contributed by atoms with van der Waals surface area (Å²) < 4.78 is 0. The number of phenolic OH excluding ortho intramolecular Hbond substituents is 1. The Morgan fingerprint density at radius 2 is 1.76 bits per heavy atom. The number of phenols is 1. The minimum absolute atomic E-state index is 0.0730. The molecule has 0 saturated carbocycles. The van der Waals surface area contributed by atoms with E-state index < -0.39 is 0 Å². The van der Waals surface area contributed by atoms with Crippen LogP contribution in [0.1, 0.15) is 29.3 Å². The van der Waals surface area contributed by atoms with Crippen LogP contribution in [0.25, 0.3) is 0 Å². The van der Waals surface area contributed by atoms with Gasteiger partial charge in [0, 0.05) is 17.3 Å². The highest BCUT2D eigenvalue weighted by Crippen LogP contribution is 2.12. The van der Waals surface area contributed by atoms with E-state index in [1.807, 2.05) is 19.1 Å². The fraction of sp³-hybridized carbons (Fsp3) is 0.235. The number of aromatic hydroxyl groups is 1. The van der Waals surface area contributed by atoms with Crippen LogP contribution < -0.4 is 11.1 Å². The van der Waals surface area contributed by atoms with Crippen molar-refractivity contribution < 1.29 is 9.90 Å². The van der Waals surface area contributed by atoms with Gasteiger partial charge in [0.2, 0.25) is 0 Å². The monoisotopic (exact) mass is 284 g/mol. The van der Waals surface area contributed by atoms with Crippen molar-refractivity contribution >= 4 is 11.6 Å². The molecule has 2 aromatic carbocycles. The largest absolute Gasteiger partial charge is 0.508 e. The van der Waals surface area contributed by atoms with Crippen LogP contribution in [-0.4, -0.2) is 17.1 Å². The number of hydrogen-bond donors (Lipinski definition) is 3. The summed E-state index contributed by atoms with van der Waals surface area (Å²) in [6.07, 6.45) is 1.69. The summed E-state index contributed by atoms with van der Waals surface area (Å²) in [7, 11) is 0. The maximum absolute atomic E-state index is 12.0. The van der Waals surface area contributed by atoms with Gasteiger partial charge in [-0.15, -0.1) is 0 Å². The standard InChI is InChI=1S/C17H20N2O2/c1-12(2-3-13-4-10-16(20)11-5-13)19-17(21)14-6-8-15(18)9-7-14/h4-12,20H,2-3,18H2,1H3,(H,19,21). The number of nitrogens with two attached hydrogens (primary N) is 1. The molecule has 0 aliphatic heterocycles. The van der Waals surface area contributed by atoms with E-state index >= 15 is 0 Å². The molecule has 0 aliphatic rings. The molecule has 1 unspecified atom stereocenters. The van der Waals surface area contributed by atoms with Crippen LogP contribution in [0.5, 0.6) is 5.75 Å². The third kappa shape index (κ3) is 4.53. The average molecular weight is 284 g/mol. The van der Waals surface area contributed by atoms with E-state index in [-0.39, 0.29) is 17.7 Å². The van der Waals surface area contributed by atoms with Crippen molar-refractivity contribution in [3.63, 3.8) is 0 Å². The predicted octanol–water partition coefficient (Wildman–Crippen LogP) is 2.73. The molecule has 1 amide bonds. The van der Waals surface area contributed by atoms with Gasteiger partial charge < -0.3 is 16.2 Å². The number of rotatable bonds is 5. The molecule has 1 atom stereocenters. The molecule has 0 aliphatic carbocycles. The van der Waals surface area contributed by atoms with Crippen molar-refractivity contribution in [2.45, 2.75) is 25.8 Å². The topological polar surface area (TPSA) is 75.3 Å². The van der Waals surface area contributed by atoms with Crippen LogP contribution >= 0.6 is 0 Å². The molecule has 0 bridgehead atoms. The lowest BCUT2D eigenvalue weighted by molar-refractivity contribution is 0.0938. The zero-order valence-electron chi connectivity index (χ0n) is 12.0. The summed E-state index contributed by atoms with van der Waals surface area (Å²) in [5.41, 5.74) is 8.00. The second-order valence-electron chi connectivity index (χ2n) is 5.20. The molecule has 0 heterocycles. The molecule has 0 saturated heterocycles. The van der Waals surface area contributed by atoms with Crippen molar-refractivity contribution in [2.75, 3.05) is 5.73 Å². The van der Waals surface area contributed by atoms with Crippen LogP contribution in [0.4, 0.5) is 5.69 Å². The van der Waals surface area contributed by atoms with E-state index in [0.717, 1.165) is 18.4 Å². The Balaban J connectivity index is 1.83. The number of aryl methyl sites for hydroxylation is 1. The van der Waals surface area contributed by atoms with Gasteiger partial charge in [0.25, 0.3) is 5.91 Å². The zero-order chi connectivity index (χ0) is 15.2. The van der Waals surface area contributed by atoms with E-state index in [0.29, 0.717) is 11.3 Å². The molecule has 2 rings (SSSR count). The van der Waals surface area contributed by atoms with Gasteiger partial charge >= 0.3 is 0 Å². The first kappa shape index (κ1) is 14.9. The highest BCUT2D eigenvalue weighted by atomic mass is 16.3. The summed E-state index contributed by atoms with van der Waals surface area (Å²) in [6, 6.07) is 14.1. The van der Waals surface area contributed by atoms with E-state index in [4.69, 9.17) is 5.73 Å². The van der Waals surface area contributed by atoms with Gasteiger partial charge in [0.1, 0.15) is 5.75 Å². The normalized spacial score (nSPS) is 11.9. The molecular weight excluding hydrogens is 264 g/mol. The van der Waals surface area contributed by atoms with Crippen LogP contribution in [0.3, 0.4) is 0 Å². The summed E-state index contributed by atoms with van der Waals surface area (Å²) >= 11 is 0. The van der Waals surface area contributed by atoms with Gasteiger partial charge in [0.15, 0.2) is 0 Å². The Labute approximate surface area is 124 Å². The number of benzene rings is 2. The number of anilines is 1. The van der Waals surface area contributed by atoms with Gasteiger partial charge in [-0.05, 0) is 61.7 Å². The second kappa shape index (κ2) is 6.79. The zero-order valence-corrected chi connectivity index (χ0v) is 12.0. The molecule has 110 valence electrons. The first-order valence-electron chi connectivity index (χ1n) is 6.99. The van der Waals surface area contributed by atoms with Crippen LogP contribution in [0.15, 0.2) is 48.5 Å². The minimum atomic E-state index is -0.0896. The maximum Gasteiger partial charge on any atom is 0.251 e. The van der Waals surface area contributed by atoms with E-state index in [9.17, 15) is 9.90 Å². The Bertz CT molecular complexity index is 591. The van der Waals surface area contributed by atoms with Crippen molar-refractivity contribution in [3.8, 4) is 5.75 Å². The molecule has 0 aromatic heterocycles. The highest BCUT2D eigenvalue weighted by molar-refractivity contribution is 5.94. The summed E-state index contributed by atoms with van der Waals surface area (Å²) in [5.74, 6) is 0.177. The average Bonchev–Trinajstić information content (AvgIpc) is 2.47. The Morgan fingerprint density at radius 3 is 2.38 bits per heavy atom. The molecule has 4 nitrogen and oxygen atoms in total. The molecule has 21 heavy (non-hydrogen) atoms. The number of nitrogen functional groups attached to an aromatic ring is 1. The third-order valence-corrected chi connectivity index (χ3v) is 3.35. The fourth-order valence-electron chi connectivity index (χ4n) is 2.06. The fourth-order valence-corrected chi connectivity index (χ4v) is 2.06. The van der Waals surface area contributed by atoms with Crippen molar-refractivity contribution in [1.82, 2.24) is 5.32 Å². The van der Waals surface area contributed by atoms with E-state index in [2.05, 4.69) is 5.32 Å². The van der Waals surface area contributed by atoms with Crippen molar-refractivity contribution in [3.05, 3.63) is 59.7 Å². The van der Waals surface area contributed by atoms with Gasteiger partial charge in [-0.3, -0.25) is 4.79 Å². The van der Waals surface area contributed by atoms with Crippen molar-refractivity contribution in [2.24, 2.45) is 0 Å². The lowest BCUT2D eigenvalue weighted by atomic mass is 10.1. The lowest BCUT2D eigenvalue weighted by Crippen LogP contribution is -2.32. The van der Waals surface area contributed by atoms with E-state index in [1.54, 1.807) is 36.4 Å². The predicted molar refractivity (Wildman–Crippen MR) is 84.2 cm³/mol. The lowest BCUT2D eigenvalue weighted by Gasteiger charge is -2.14. The van der Waals surface area contributed by atoms with Crippen LogP contribution in [0, 0.1) is 0 Å². The minimum Gasteiger partial charge on any atom is -0.508 e. The quantitative estimate of drug-likeness (QED) is 0.739. The molecule has 0 radical (unpaired) electrons. The number of nitrogens with one attached hydrogen (secondary N) is 1. The summed E-state index contributed by atoms with van der Waals surface area (Å²) in [4.78, 5) is 12.0. The van der Waals surface area contributed by atoms with Crippen LogP contribution in [0.2, 0.25) is 0 Å². The molecule has 2 aromatic rings. The Morgan fingerprint density at radius 1 is 1.14 bits per heavy atom. The van der Waals surface area contributed by atoms with E-state index in [1.165, 1.54) is 0 Å².